The van der Waals surface area contributed by atoms with Gasteiger partial charge in [-0.1, -0.05) is 60.7 Å². The average Bonchev–Trinajstić information content (AvgIpc) is 2.86. The van der Waals surface area contributed by atoms with E-state index in [1.54, 1.807) is 60.7 Å². The van der Waals surface area contributed by atoms with E-state index in [-0.39, 0.29) is 74.1 Å². The minimum absolute atomic E-state index is 0. The molecule has 0 saturated heterocycles. The standard InChI is InChI=1S/C27H19F5N2O2.2ClH.Hf/c1-27(2,34-26(36)19-20(28)22(30)24(32)23(31)21(19)29)25-18(15-11-7-4-8-12-15)17(35)13-16(33-25)14-9-5-3-6-10-14;;;/h3-12H,13H2,1-2H3,(H,34,36);2*1H;/p-2. The molecule has 1 N–H and O–H groups in total. The summed E-state index contributed by atoms with van der Waals surface area (Å²) >= 11 is 0. The molecule has 1 aliphatic rings. The number of allylic oxidation sites excluding steroid dienone is 1. The molecular weight excluding hydrogens is 729 g/mol. The van der Waals surface area contributed by atoms with Crippen molar-refractivity contribution >= 4 is 23.0 Å². The number of rotatable bonds is 5. The zero-order chi connectivity index (χ0) is 26.2. The third-order valence-corrected chi connectivity index (χ3v) is 5.71. The normalized spacial score (nSPS) is 13.0. The number of hydrogen-bond acceptors (Lipinski definition) is 3. The molecule has 0 atom stereocenters. The van der Waals surface area contributed by atoms with E-state index in [9.17, 15) is 31.5 Å². The average molecular weight is 748 g/mol. The van der Waals surface area contributed by atoms with E-state index >= 15 is 0 Å². The maximum Gasteiger partial charge on any atom is 0.258 e. The fraction of sp³-hybridized carbons (Fsp3) is 0.148. The second-order valence-corrected chi connectivity index (χ2v) is 8.64. The van der Waals surface area contributed by atoms with Gasteiger partial charge in [-0.15, -0.1) is 0 Å². The van der Waals surface area contributed by atoms with Gasteiger partial charge in [0.2, 0.25) is 5.82 Å². The zero-order valence-electron chi connectivity index (χ0n) is 20.4. The maximum absolute atomic E-state index is 14.3. The molecule has 3 aromatic carbocycles. The summed E-state index contributed by atoms with van der Waals surface area (Å²) in [5.41, 5.74) is -1.42. The van der Waals surface area contributed by atoms with E-state index < -0.39 is 46.1 Å². The summed E-state index contributed by atoms with van der Waals surface area (Å²) in [6, 6.07) is 17.3. The monoisotopic (exact) mass is 748 g/mol. The number of halogens is 7. The van der Waals surface area contributed by atoms with Crippen molar-refractivity contribution in [2.75, 3.05) is 0 Å². The number of hydrogen-bond donors (Lipinski definition) is 1. The molecule has 0 aliphatic carbocycles. The Morgan fingerprint density at radius 3 is 1.69 bits per heavy atom. The largest absolute Gasteiger partial charge is 1.00 e. The van der Waals surface area contributed by atoms with Gasteiger partial charge in [-0.05, 0) is 25.0 Å². The van der Waals surface area contributed by atoms with Crippen molar-refractivity contribution in [1.29, 1.82) is 0 Å². The molecule has 4 rings (SSSR count). The minimum Gasteiger partial charge on any atom is -1.00 e. The van der Waals surface area contributed by atoms with E-state index in [4.69, 9.17) is 0 Å². The SMILES string of the molecule is CC(C)(NC(=O)c1c(F)c(F)c(F)c(F)c1F)C1=C(c2ccccc2)C(=O)CC(c2ccccc2)=N1.[Cl-].[Cl-].[Hf]. The first kappa shape index (κ1) is 34.3. The van der Waals surface area contributed by atoms with Gasteiger partial charge in [0, 0.05) is 31.4 Å². The minimum atomic E-state index is -2.37. The molecular formula is C27H19Cl2F5HfN2O2-2. The first-order valence-corrected chi connectivity index (χ1v) is 10.8. The van der Waals surface area contributed by atoms with Crippen LogP contribution in [0, 0.1) is 29.1 Å². The van der Waals surface area contributed by atoms with E-state index in [2.05, 4.69) is 10.3 Å². The summed E-state index contributed by atoms with van der Waals surface area (Å²) in [6.45, 7) is 2.83. The summed E-state index contributed by atoms with van der Waals surface area (Å²) in [5.74, 6) is -13.2. The van der Waals surface area contributed by atoms with Crippen LogP contribution in [0.4, 0.5) is 22.0 Å². The molecule has 1 aliphatic heterocycles. The van der Waals surface area contributed by atoms with Crippen LogP contribution >= 0.6 is 0 Å². The number of amides is 1. The molecule has 39 heavy (non-hydrogen) atoms. The Kier molecular flexibility index (Phi) is 12.0. The van der Waals surface area contributed by atoms with Crippen LogP contribution in [-0.4, -0.2) is 22.9 Å². The van der Waals surface area contributed by atoms with Crippen molar-refractivity contribution in [2.45, 2.75) is 25.8 Å². The van der Waals surface area contributed by atoms with Gasteiger partial charge in [-0.2, -0.15) is 0 Å². The van der Waals surface area contributed by atoms with Crippen LogP contribution in [0.2, 0.25) is 0 Å². The summed E-state index contributed by atoms with van der Waals surface area (Å²) in [4.78, 5) is 30.8. The van der Waals surface area contributed by atoms with E-state index in [1.165, 1.54) is 13.8 Å². The van der Waals surface area contributed by atoms with Crippen LogP contribution in [0.25, 0.3) is 5.57 Å². The molecule has 3 aromatic rings. The molecule has 0 bridgehead atoms. The van der Waals surface area contributed by atoms with Crippen LogP contribution in [0.1, 0.15) is 41.8 Å². The molecule has 0 saturated carbocycles. The van der Waals surface area contributed by atoms with Crippen LogP contribution in [-0.2, 0) is 30.6 Å². The predicted octanol–water partition coefficient (Wildman–Crippen LogP) is -0.231. The molecule has 1 amide bonds. The van der Waals surface area contributed by atoms with Crippen molar-refractivity contribution in [1.82, 2.24) is 5.32 Å². The Morgan fingerprint density at radius 2 is 1.21 bits per heavy atom. The van der Waals surface area contributed by atoms with Crippen LogP contribution in [0.3, 0.4) is 0 Å². The first-order chi connectivity index (χ1) is 17.0. The predicted molar refractivity (Wildman–Crippen MR) is 124 cm³/mol. The smallest absolute Gasteiger partial charge is 0.258 e. The Hall–Kier alpha value is -2.69. The summed E-state index contributed by atoms with van der Waals surface area (Å²) in [5, 5.41) is 2.30. The van der Waals surface area contributed by atoms with Crippen molar-refractivity contribution in [2.24, 2.45) is 4.99 Å². The number of Topliss-reactive ketones (excluding diaryl/α,β-unsaturated/α-hetero) is 1. The van der Waals surface area contributed by atoms with Crippen molar-refractivity contribution in [3.05, 3.63) is 112 Å². The summed E-state index contributed by atoms with van der Waals surface area (Å²) in [6.07, 6.45) is -0.0423. The number of aliphatic imine (C=N–C) groups is 1. The summed E-state index contributed by atoms with van der Waals surface area (Å²) in [7, 11) is 0. The molecule has 0 aromatic heterocycles. The molecule has 0 unspecified atom stereocenters. The molecule has 12 heteroatoms. The van der Waals surface area contributed by atoms with Crippen LogP contribution in [0.15, 0.2) is 71.4 Å². The second-order valence-electron chi connectivity index (χ2n) is 8.64. The Balaban J connectivity index is 0.00000253. The van der Waals surface area contributed by atoms with E-state index in [1.807, 2.05) is 0 Å². The van der Waals surface area contributed by atoms with Crippen molar-refractivity contribution in [3.8, 4) is 0 Å². The Morgan fingerprint density at radius 1 is 0.769 bits per heavy atom. The van der Waals surface area contributed by atoms with Crippen LogP contribution in [0.5, 0.6) is 0 Å². The molecule has 0 radical (unpaired) electrons. The third kappa shape index (κ3) is 6.73. The molecule has 0 spiro atoms. The van der Waals surface area contributed by atoms with Gasteiger partial charge >= 0.3 is 0 Å². The second kappa shape index (κ2) is 13.6. The molecule has 204 valence electrons. The fourth-order valence-electron chi connectivity index (χ4n) is 3.96. The molecule has 0 fully saturated rings. The number of ketones is 1. The number of carbonyl (C=O) groups is 2. The van der Waals surface area contributed by atoms with Crippen molar-refractivity contribution in [3.63, 3.8) is 0 Å². The van der Waals surface area contributed by atoms with Gasteiger partial charge in [-0.3, -0.25) is 14.6 Å². The topological polar surface area (TPSA) is 58.5 Å². The van der Waals surface area contributed by atoms with E-state index in [0.717, 1.165) is 0 Å². The fourth-order valence-corrected chi connectivity index (χ4v) is 3.96. The summed E-state index contributed by atoms with van der Waals surface area (Å²) < 4.78 is 69.4. The van der Waals surface area contributed by atoms with E-state index in [0.29, 0.717) is 16.8 Å². The number of carbonyl (C=O) groups excluding carboxylic acids is 2. The first-order valence-electron chi connectivity index (χ1n) is 10.8. The quantitative estimate of drug-likeness (QED) is 0.170. The Labute approximate surface area is 252 Å². The van der Waals surface area contributed by atoms with Gasteiger partial charge < -0.3 is 30.1 Å². The number of benzene rings is 3. The Bertz CT molecular complexity index is 1420. The maximum atomic E-state index is 14.3. The number of nitrogens with zero attached hydrogens (tertiary/aromatic N) is 1. The third-order valence-electron chi connectivity index (χ3n) is 5.71. The van der Waals surface area contributed by atoms with Gasteiger partial charge in [0.25, 0.3) is 5.91 Å². The number of nitrogens with one attached hydrogen (secondary N) is 1. The van der Waals surface area contributed by atoms with Crippen molar-refractivity contribution < 1.29 is 82.2 Å². The molecule has 4 nitrogen and oxygen atoms in total. The zero-order valence-corrected chi connectivity index (χ0v) is 25.5. The van der Waals surface area contributed by atoms with Gasteiger partial charge in [-0.25, -0.2) is 22.0 Å². The van der Waals surface area contributed by atoms with Crippen LogP contribution < -0.4 is 30.1 Å². The molecule has 1 heterocycles. The van der Waals surface area contributed by atoms with Gasteiger partial charge in [0.15, 0.2) is 29.1 Å². The van der Waals surface area contributed by atoms with Gasteiger partial charge in [0.05, 0.1) is 23.4 Å². The van der Waals surface area contributed by atoms with Gasteiger partial charge in [0.1, 0.15) is 5.56 Å².